The van der Waals surface area contributed by atoms with Crippen LogP contribution in [0.5, 0.6) is 23.0 Å². The number of hydrogen-bond donors (Lipinski definition) is 8. The Kier molecular flexibility index (Phi) is 11.8. The van der Waals surface area contributed by atoms with Gasteiger partial charge in [-0.15, -0.1) is 0 Å². The predicted octanol–water partition coefficient (Wildman–Crippen LogP) is 3.74. The Morgan fingerprint density at radius 2 is 1.55 bits per heavy atom. The number of ether oxygens (including phenoxy) is 3. The quantitative estimate of drug-likeness (QED) is 0.0988. The van der Waals surface area contributed by atoms with Gasteiger partial charge in [0.2, 0.25) is 0 Å². The molecule has 5 rings (SSSR count). The zero-order valence-corrected chi connectivity index (χ0v) is 30.3. The van der Waals surface area contributed by atoms with E-state index in [4.69, 9.17) is 14.2 Å². The van der Waals surface area contributed by atoms with Crippen molar-refractivity contribution in [3.8, 4) is 23.0 Å². The van der Waals surface area contributed by atoms with E-state index in [1.165, 1.54) is 53.3 Å². The van der Waals surface area contributed by atoms with Crippen LogP contribution in [0.4, 0.5) is 5.69 Å². The van der Waals surface area contributed by atoms with Crippen LogP contribution in [0, 0.1) is 30.6 Å². The van der Waals surface area contributed by atoms with Gasteiger partial charge in [-0.1, -0.05) is 45.9 Å². The molecule has 0 saturated carbocycles. The van der Waals surface area contributed by atoms with Gasteiger partial charge in [-0.05, 0) is 19.9 Å². The molecule has 51 heavy (non-hydrogen) atoms. The molecule has 2 aromatic rings. The number of amides is 1. The van der Waals surface area contributed by atoms with E-state index < -0.39 is 82.8 Å². The summed E-state index contributed by atoms with van der Waals surface area (Å²) in [5, 5.41) is 74.1. The van der Waals surface area contributed by atoms with Crippen molar-refractivity contribution in [2.75, 3.05) is 19.5 Å². The van der Waals surface area contributed by atoms with Crippen molar-refractivity contribution in [2.45, 2.75) is 78.7 Å². The molecule has 0 radical (unpaired) electrons. The number of carbonyl (C=O) groups excluding carboxylic acids is 2. The number of hydrazone groups is 1. The number of methoxy groups -OCH3 is 1. The summed E-state index contributed by atoms with van der Waals surface area (Å²) in [6, 6.07) is 0. The number of Topliss-reactive ketones (excluding diaryl/α,β-unsaturated/α-hetero) is 1. The van der Waals surface area contributed by atoms with Gasteiger partial charge in [-0.2, -0.15) is 5.10 Å². The van der Waals surface area contributed by atoms with Crippen LogP contribution in [-0.4, -0.2) is 92.9 Å². The topological polar surface area (TPSA) is 220 Å². The van der Waals surface area contributed by atoms with Gasteiger partial charge in [0.05, 0.1) is 59.1 Å². The molecule has 0 saturated heterocycles. The van der Waals surface area contributed by atoms with Gasteiger partial charge in [0.15, 0.2) is 5.75 Å². The molecule has 14 nitrogen and oxygen atoms in total. The van der Waals surface area contributed by atoms with Gasteiger partial charge in [-0.3, -0.25) is 9.59 Å². The highest BCUT2D eigenvalue weighted by Crippen LogP contribution is 2.55. The molecule has 0 aromatic heterocycles. The van der Waals surface area contributed by atoms with Gasteiger partial charge in [-0.25, -0.2) is 0 Å². The number of fused-ring (bicyclic) bond motifs is 14. The highest BCUT2D eigenvalue weighted by atomic mass is 16.7. The van der Waals surface area contributed by atoms with E-state index in [2.05, 4.69) is 15.8 Å². The summed E-state index contributed by atoms with van der Waals surface area (Å²) in [5.74, 6) is -7.70. The highest BCUT2D eigenvalue weighted by Gasteiger charge is 2.49. The van der Waals surface area contributed by atoms with Crippen molar-refractivity contribution in [3.63, 3.8) is 0 Å². The van der Waals surface area contributed by atoms with Crippen molar-refractivity contribution >= 4 is 34.4 Å². The van der Waals surface area contributed by atoms with E-state index in [1.807, 2.05) is 0 Å². The van der Waals surface area contributed by atoms with Crippen LogP contribution in [-0.2, 0) is 14.3 Å². The minimum Gasteiger partial charge on any atom is -0.507 e. The Bertz CT molecular complexity index is 1800. The summed E-state index contributed by atoms with van der Waals surface area (Å²) in [6.45, 7) is 11.1. The molecule has 278 valence electrons. The number of anilines is 1. The average Bonchev–Trinajstić information content (AvgIpc) is 3.37. The Balaban J connectivity index is 1.95. The Labute approximate surface area is 296 Å². The van der Waals surface area contributed by atoms with E-state index in [-0.39, 0.29) is 44.5 Å². The summed E-state index contributed by atoms with van der Waals surface area (Å²) < 4.78 is 17.5. The third-order valence-electron chi connectivity index (χ3n) is 10.1. The van der Waals surface area contributed by atoms with Crippen molar-refractivity contribution in [2.24, 2.45) is 28.8 Å². The number of hydrogen-bond acceptors (Lipinski definition) is 13. The summed E-state index contributed by atoms with van der Waals surface area (Å²) in [5.41, 5.74) is 2.11. The van der Waals surface area contributed by atoms with E-state index in [0.29, 0.717) is 0 Å². The number of rotatable bonds is 3. The Hall–Kier alpha value is -4.63. The van der Waals surface area contributed by atoms with Crippen LogP contribution in [0.1, 0.15) is 63.0 Å². The number of aliphatic hydroxyl groups is 3. The number of phenolic OH excluding ortho intramolecular Hbond substituents is 3. The standard InChI is InChI=1S/C37H49N3O11/c1-16-11-10-12-17(2)36(48)40-27-22(15-39-38-8)32(45)24-25(33(27)46)31(44)21(6)34-26(24)35(47)37(7,51-34)50-14-13-23(49-9)18(3)29(42)20(5)30(43)19(4)28(16)41/h10-16,18-20,23,28-30,38,41-46H,1-9H3,(H,40,48)/b11-10+,14-13+,17-12-,39-15+/t16-,18-,19-,20+,23+,28-,29-,30+,37+/m1/s1. The molecule has 9 atom stereocenters. The molecule has 0 unspecified atom stereocenters. The first-order chi connectivity index (χ1) is 23.9. The summed E-state index contributed by atoms with van der Waals surface area (Å²) in [6.07, 6.45) is 4.55. The van der Waals surface area contributed by atoms with E-state index in [9.17, 15) is 40.2 Å². The van der Waals surface area contributed by atoms with Crippen molar-refractivity contribution in [3.05, 3.63) is 52.8 Å². The second-order valence-electron chi connectivity index (χ2n) is 13.5. The normalized spacial score (nSPS) is 33.1. The van der Waals surface area contributed by atoms with Crippen LogP contribution in [0.25, 0.3) is 10.8 Å². The maximum absolute atomic E-state index is 14.1. The lowest BCUT2D eigenvalue weighted by Gasteiger charge is -2.36. The van der Waals surface area contributed by atoms with Crippen LogP contribution < -0.4 is 15.5 Å². The Morgan fingerprint density at radius 1 is 0.922 bits per heavy atom. The molecule has 2 aromatic carbocycles. The largest absolute Gasteiger partial charge is 0.507 e. The van der Waals surface area contributed by atoms with Gasteiger partial charge < -0.3 is 55.6 Å². The van der Waals surface area contributed by atoms with Gasteiger partial charge in [0.1, 0.15) is 17.2 Å². The minimum atomic E-state index is -2.01. The third kappa shape index (κ3) is 7.13. The second kappa shape index (κ2) is 15.3. The molecule has 0 spiro atoms. The fraction of sp³-hybridized carbons (Fsp3) is 0.486. The molecule has 1 amide bonds. The van der Waals surface area contributed by atoms with Gasteiger partial charge >= 0.3 is 5.79 Å². The monoisotopic (exact) mass is 711 g/mol. The summed E-state index contributed by atoms with van der Waals surface area (Å²) >= 11 is 0. The van der Waals surface area contributed by atoms with Crippen LogP contribution in [0.3, 0.4) is 0 Å². The molecular weight excluding hydrogens is 662 g/mol. The van der Waals surface area contributed by atoms with Crippen LogP contribution in [0.15, 0.2) is 41.2 Å². The van der Waals surface area contributed by atoms with E-state index in [1.54, 1.807) is 39.8 Å². The number of allylic oxidation sites excluding steroid dienone is 2. The fourth-order valence-corrected chi connectivity index (χ4v) is 6.61. The first-order valence-electron chi connectivity index (χ1n) is 16.7. The molecule has 3 aliphatic heterocycles. The number of ketones is 1. The van der Waals surface area contributed by atoms with Crippen molar-refractivity contribution in [1.29, 1.82) is 0 Å². The zero-order chi connectivity index (χ0) is 38.1. The van der Waals surface area contributed by atoms with E-state index >= 15 is 0 Å². The third-order valence-corrected chi connectivity index (χ3v) is 10.1. The smallest absolute Gasteiger partial charge is 0.312 e. The van der Waals surface area contributed by atoms with Crippen molar-refractivity contribution in [1.82, 2.24) is 5.43 Å². The SMILES string of the molecule is CN/N=C/c1c2c(O)c3c(O)c(C)c4c(c3c1O)C(=O)[C@@](C)(O/C=C/[C@H](OC)[C@@H](C)[C@@H](O)[C@H](C)[C@@H](O)[C@H](C)[C@H](O)[C@H](C)/C=C/C=C(/C)C(=O)N2)O4. The molecule has 0 fully saturated rings. The number of aliphatic hydroxyl groups excluding tert-OH is 3. The molecule has 0 aliphatic carbocycles. The van der Waals surface area contributed by atoms with Crippen LogP contribution >= 0.6 is 0 Å². The first-order valence-corrected chi connectivity index (χ1v) is 16.7. The number of aromatic hydroxyl groups is 3. The minimum absolute atomic E-state index is 0.0575. The molecular formula is C37H49N3O11. The lowest BCUT2D eigenvalue weighted by atomic mass is 9.78. The number of phenols is 3. The lowest BCUT2D eigenvalue weighted by molar-refractivity contribution is -0.112. The van der Waals surface area contributed by atoms with Crippen molar-refractivity contribution < 1.29 is 54.4 Å². The molecule has 3 heterocycles. The van der Waals surface area contributed by atoms with Gasteiger partial charge in [0, 0.05) is 61.3 Å². The lowest BCUT2D eigenvalue weighted by Crippen LogP contribution is -2.44. The maximum atomic E-state index is 14.1. The molecule has 8 N–H and O–H groups in total. The van der Waals surface area contributed by atoms with Crippen LogP contribution in [0.2, 0.25) is 0 Å². The first kappa shape index (κ1) is 39.2. The number of benzene rings is 2. The predicted molar refractivity (Wildman–Crippen MR) is 191 cm³/mol. The average molecular weight is 712 g/mol. The van der Waals surface area contributed by atoms with E-state index in [0.717, 1.165) is 6.21 Å². The summed E-state index contributed by atoms with van der Waals surface area (Å²) in [4.78, 5) is 27.5. The Morgan fingerprint density at radius 3 is 2.18 bits per heavy atom. The van der Waals surface area contributed by atoms with Gasteiger partial charge in [0.25, 0.3) is 11.7 Å². The second-order valence-corrected chi connectivity index (χ2v) is 13.5. The summed E-state index contributed by atoms with van der Waals surface area (Å²) in [7, 11) is 2.92. The molecule has 5 bridgehead atoms. The fourth-order valence-electron chi connectivity index (χ4n) is 6.61. The zero-order valence-electron chi connectivity index (χ0n) is 30.3. The maximum Gasteiger partial charge on any atom is 0.312 e. The number of carbonyl (C=O) groups is 2. The molecule has 3 aliphatic rings. The number of nitrogens with zero attached hydrogens (tertiary/aromatic N) is 1. The number of nitrogens with one attached hydrogen (secondary N) is 2. The molecule has 14 heteroatoms. The highest BCUT2D eigenvalue weighted by molar-refractivity contribution is 6.23.